The van der Waals surface area contributed by atoms with E-state index >= 15 is 0 Å². The lowest BCUT2D eigenvalue weighted by Gasteiger charge is -1.98. The molecule has 8 nitrogen and oxygen atoms in total. The first-order valence-electron chi connectivity index (χ1n) is 5.98. The Morgan fingerprint density at radius 3 is 1.21 bits per heavy atom. The maximum Gasteiger partial charge on any atom is 0.401 e. The molecule has 0 amide bonds. The molecule has 0 aliphatic rings. The van der Waals surface area contributed by atoms with E-state index in [0.717, 1.165) is 0 Å². The molecule has 0 heterocycles. The molecule has 0 unspecified atom stereocenters. The molecule has 0 aliphatic heterocycles. The van der Waals surface area contributed by atoms with Crippen molar-refractivity contribution >= 4 is 20.8 Å². The van der Waals surface area contributed by atoms with Crippen LogP contribution in [-0.4, -0.2) is 43.3 Å². The Kier molecular flexibility index (Phi) is 14.7. The number of rotatable bonds is 8. The van der Waals surface area contributed by atoms with E-state index in [4.69, 9.17) is 12.8 Å². The Morgan fingerprint density at radius 1 is 0.667 bits per heavy atom. The average molecular weight is 376 g/mol. The molecular formula is C14H16O8S2. The van der Waals surface area contributed by atoms with E-state index < -0.39 is 20.8 Å². The first-order valence-corrected chi connectivity index (χ1v) is 8.65. The van der Waals surface area contributed by atoms with Crippen LogP contribution in [0.3, 0.4) is 0 Å². The summed E-state index contributed by atoms with van der Waals surface area (Å²) in [5.41, 5.74) is 0. The second-order valence-electron chi connectivity index (χ2n) is 3.13. The van der Waals surface area contributed by atoms with Crippen LogP contribution in [0.1, 0.15) is 13.8 Å². The molecule has 0 bridgehead atoms. The summed E-state index contributed by atoms with van der Waals surface area (Å²) in [7, 11) is -7.92. The highest BCUT2D eigenvalue weighted by Crippen LogP contribution is 1.94. The zero-order valence-corrected chi connectivity index (χ0v) is 14.7. The molecule has 10 heteroatoms. The predicted octanol–water partition coefficient (Wildman–Crippen LogP) is -0.158. The molecule has 0 radical (unpaired) electrons. The summed E-state index contributed by atoms with van der Waals surface area (Å²) in [6, 6.07) is 0. The molecule has 0 aromatic carbocycles. The highest BCUT2D eigenvalue weighted by molar-refractivity contribution is 7.82. The highest BCUT2D eigenvalue weighted by Gasteiger charge is 2.09. The summed E-state index contributed by atoms with van der Waals surface area (Å²) in [4.78, 5) is 0. The zero-order chi connectivity index (χ0) is 18.9. The topological polar surface area (TPSA) is 105 Å². The van der Waals surface area contributed by atoms with Crippen molar-refractivity contribution in [1.82, 2.24) is 0 Å². The lowest BCUT2D eigenvalue weighted by Crippen LogP contribution is -2.10. The Morgan fingerprint density at radius 2 is 0.958 bits per heavy atom. The molecule has 132 valence electrons. The van der Waals surface area contributed by atoms with Crippen molar-refractivity contribution in [2.75, 3.05) is 26.4 Å². The van der Waals surface area contributed by atoms with Crippen LogP contribution in [0.4, 0.5) is 0 Å². The van der Waals surface area contributed by atoms with Gasteiger partial charge in [0.05, 0.1) is 0 Å². The second kappa shape index (κ2) is 14.6. The van der Waals surface area contributed by atoms with Crippen molar-refractivity contribution < 1.29 is 33.6 Å². The number of terminal acetylenes is 2. The van der Waals surface area contributed by atoms with Gasteiger partial charge in [-0.15, -0.1) is 24.7 Å². The molecule has 0 saturated heterocycles. The minimum atomic E-state index is -3.99. The van der Waals surface area contributed by atoms with E-state index in [2.05, 4.69) is 40.4 Å². The molecule has 0 saturated carbocycles. The molecule has 0 N–H and O–H groups in total. The first kappa shape index (κ1) is 24.2. The van der Waals surface area contributed by atoms with Gasteiger partial charge in [0, 0.05) is 0 Å². The lowest BCUT2D eigenvalue weighted by molar-refractivity contribution is 0.251. The normalized spacial score (nSPS) is 9.67. The fourth-order valence-electron chi connectivity index (χ4n) is 0.628. The highest BCUT2D eigenvalue weighted by atomic mass is 32.3. The van der Waals surface area contributed by atoms with E-state index in [1.807, 2.05) is 11.8 Å². The monoisotopic (exact) mass is 376 g/mol. The third kappa shape index (κ3) is 18.0. The minimum Gasteiger partial charge on any atom is -0.235 e. The summed E-state index contributed by atoms with van der Waals surface area (Å²) in [6.45, 7) is 2.06. The van der Waals surface area contributed by atoms with Gasteiger partial charge in [-0.3, -0.25) is 0 Å². The largest absolute Gasteiger partial charge is 0.401 e. The number of hydrogen-bond acceptors (Lipinski definition) is 8. The molecule has 0 atom stereocenters. The SMILES string of the molecule is C#CCOS(=O)(=O)OCC#C.CC#CCOS(=O)(=O)OCC#CC. The molecule has 0 aliphatic carbocycles. The van der Waals surface area contributed by atoms with E-state index in [0.29, 0.717) is 0 Å². The van der Waals surface area contributed by atoms with Gasteiger partial charge in [-0.2, -0.15) is 16.8 Å². The maximum absolute atomic E-state index is 10.8. The van der Waals surface area contributed by atoms with Crippen LogP contribution in [0.25, 0.3) is 0 Å². The average Bonchev–Trinajstić information content (AvgIpc) is 2.52. The van der Waals surface area contributed by atoms with Gasteiger partial charge in [0.25, 0.3) is 0 Å². The summed E-state index contributed by atoms with van der Waals surface area (Å²) in [5, 5.41) is 0. The van der Waals surface area contributed by atoms with Gasteiger partial charge < -0.3 is 0 Å². The van der Waals surface area contributed by atoms with E-state index in [9.17, 15) is 16.8 Å². The van der Waals surface area contributed by atoms with E-state index in [-0.39, 0.29) is 26.4 Å². The molecule has 0 fully saturated rings. The first-order chi connectivity index (χ1) is 11.2. The van der Waals surface area contributed by atoms with Gasteiger partial charge in [0.2, 0.25) is 0 Å². The van der Waals surface area contributed by atoms with Gasteiger partial charge >= 0.3 is 20.8 Å². The van der Waals surface area contributed by atoms with Crippen molar-refractivity contribution in [2.45, 2.75) is 13.8 Å². The van der Waals surface area contributed by atoms with Crippen molar-refractivity contribution in [1.29, 1.82) is 0 Å². The van der Waals surface area contributed by atoms with Crippen molar-refractivity contribution in [3.05, 3.63) is 0 Å². The van der Waals surface area contributed by atoms with Gasteiger partial charge in [-0.05, 0) is 13.8 Å². The third-order valence-electron chi connectivity index (χ3n) is 1.48. The molecule has 0 spiro atoms. The fraction of sp³-hybridized carbons (Fsp3) is 0.429. The minimum absolute atomic E-state index is 0.196. The summed E-state index contributed by atoms with van der Waals surface area (Å²) in [5.74, 6) is 13.8. The van der Waals surface area contributed by atoms with E-state index in [1.165, 1.54) is 0 Å². The van der Waals surface area contributed by atoms with Crippen LogP contribution >= 0.6 is 0 Å². The quantitative estimate of drug-likeness (QED) is 0.538. The van der Waals surface area contributed by atoms with Gasteiger partial charge in [-0.1, -0.05) is 23.7 Å². The van der Waals surface area contributed by atoms with Crippen LogP contribution in [-0.2, 0) is 37.5 Å². The van der Waals surface area contributed by atoms with Gasteiger partial charge in [0.1, 0.15) is 26.4 Å². The molecular weight excluding hydrogens is 360 g/mol. The number of hydrogen-bond donors (Lipinski definition) is 0. The smallest absolute Gasteiger partial charge is 0.235 e. The van der Waals surface area contributed by atoms with Crippen molar-refractivity contribution in [2.24, 2.45) is 0 Å². The molecule has 0 rings (SSSR count). The summed E-state index contributed by atoms with van der Waals surface area (Å²) >= 11 is 0. The standard InChI is InChI=1S/C8H10O4S.C6H6O4S/c1-3-5-7-11-13(9,10)12-8-6-4-2;1-3-5-9-11(7,8)10-6-4-2/h7-8H2,1-2H3;1-2H,5-6H2. The van der Waals surface area contributed by atoms with Crippen molar-refractivity contribution in [3.8, 4) is 48.4 Å². The molecule has 0 aromatic rings. The lowest BCUT2D eigenvalue weighted by atomic mass is 10.6. The fourth-order valence-corrected chi connectivity index (χ4v) is 1.60. The summed E-state index contributed by atoms with van der Waals surface area (Å²) in [6.07, 6.45) is 9.46. The predicted molar refractivity (Wildman–Crippen MR) is 86.2 cm³/mol. The van der Waals surface area contributed by atoms with Crippen LogP contribution < -0.4 is 0 Å². The van der Waals surface area contributed by atoms with E-state index in [1.54, 1.807) is 13.8 Å². The van der Waals surface area contributed by atoms with Crippen molar-refractivity contribution in [3.63, 3.8) is 0 Å². The molecule has 24 heavy (non-hydrogen) atoms. The zero-order valence-electron chi connectivity index (χ0n) is 13.1. The van der Waals surface area contributed by atoms with Crippen LogP contribution in [0.5, 0.6) is 0 Å². The van der Waals surface area contributed by atoms with Gasteiger partial charge in [0.15, 0.2) is 0 Å². The van der Waals surface area contributed by atoms with Crippen LogP contribution in [0, 0.1) is 48.4 Å². The Hall–Kier alpha value is -2.02. The van der Waals surface area contributed by atoms with Crippen LogP contribution in [0.2, 0.25) is 0 Å². The summed E-state index contributed by atoms with van der Waals surface area (Å²) < 4.78 is 59.5. The maximum atomic E-state index is 10.8. The van der Waals surface area contributed by atoms with Crippen LogP contribution in [0.15, 0.2) is 0 Å². The second-order valence-corrected chi connectivity index (χ2v) is 5.70. The Bertz CT molecular complexity index is 705. The van der Waals surface area contributed by atoms with Gasteiger partial charge in [-0.25, -0.2) is 16.7 Å². The Balaban J connectivity index is 0. The Labute approximate surface area is 143 Å². The third-order valence-corrected chi connectivity index (χ3v) is 3.10. The molecule has 0 aromatic heterocycles.